The van der Waals surface area contributed by atoms with Crippen molar-refractivity contribution in [2.75, 3.05) is 25.0 Å². The maximum Gasteiger partial charge on any atom is 0.258 e. The van der Waals surface area contributed by atoms with Crippen LogP contribution in [0.25, 0.3) is 0 Å². The summed E-state index contributed by atoms with van der Waals surface area (Å²) in [6.45, 7) is 7.88. The van der Waals surface area contributed by atoms with Crippen LogP contribution in [0.5, 0.6) is 0 Å². The number of pyridine rings is 1. The molecule has 2 atom stereocenters. The second-order valence-electron chi connectivity index (χ2n) is 5.03. The monoisotopic (exact) mass is 341 g/mol. The number of amides is 1. The van der Waals surface area contributed by atoms with E-state index in [0.717, 1.165) is 11.0 Å². The standard InChI is InChI=1S/C14H20BrN3O2/c1-4-16-13-12(5-11(15)6-17-13)14(19)18-7-10(3)20-8-9(18)2/h5-6,9-10H,4,7-8H2,1-3H3,(H,16,17). The molecule has 1 amide bonds. The van der Waals surface area contributed by atoms with Crippen molar-refractivity contribution in [1.82, 2.24) is 9.88 Å². The van der Waals surface area contributed by atoms with Gasteiger partial charge in [0, 0.05) is 23.8 Å². The number of hydrogen-bond acceptors (Lipinski definition) is 4. The van der Waals surface area contributed by atoms with Crippen LogP contribution in [0.2, 0.25) is 0 Å². The molecule has 1 aromatic rings. The van der Waals surface area contributed by atoms with Gasteiger partial charge in [0.1, 0.15) is 5.82 Å². The summed E-state index contributed by atoms with van der Waals surface area (Å²) in [5, 5.41) is 3.14. The molecule has 2 unspecified atom stereocenters. The fourth-order valence-electron chi connectivity index (χ4n) is 2.25. The molecule has 0 radical (unpaired) electrons. The summed E-state index contributed by atoms with van der Waals surface area (Å²) in [5.41, 5.74) is 0.599. The van der Waals surface area contributed by atoms with Crippen molar-refractivity contribution in [2.45, 2.75) is 32.9 Å². The van der Waals surface area contributed by atoms with Gasteiger partial charge in [-0.1, -0.05) is 0 Å². The normalized spacial score (nSPS) is 22.7. The lowest BCUT2D eigenvalue weighted by Gasteiger charge is -2.37. The van der Waals surface area contributed by atoms with Crippen LogP contribution in [0.15, 0.2) is 16.7 Å². The Morgan fingerprint density at radius 2 is 2.35 bits per heavy atom. The molecule has 0 bridgehead atoms. The number of aromatic nitrogens is 1. The number of carbonyl (C=O) groups excluding carboxylic acids is 1. The molecule has 1 aromatic heterocycles. The second-order valence-corrected chi connectivity index (χ2v) is 5.95. The maximum absolute atomic E-state index is 12.8. The number of carbonyl (C=O) groups is 1. The first-order valence-electron chi connectivity index (χ1n) is 6.85. The van der Waals surface area contributed by atoms with Gasteiger partial charge < -0.3 is 15.0 Å². The lowest BCUT2D eigenvalue weighted by Crippen LogP contribution is -2.50. The van der Waals surface area contributed by atoms with E-state index in [1.807, 2.05) is 31.7 Å². The zero-order chi connectivity index (χ0) is 14.7. The first-order chi connectivity index (χ1) is 9.52. The Kier molecular flexibility index (Phi) is 4.99. The third-order valence-corrected chi connectivity index (χ3v) is 3.73. The number of anilines is 1. The van der Waals surface area contributed by atoms with Crippen LogP contribution in [0.3, 0.4) is 0 Å². The van der Waals surface area contributed by atoms with Crippen LogP contribution in [-0.2, 0) is 4.74 Å². The topological polar surface area (TPSA) is 54.5 Å². The van der Waals surface area contributed by atoms with E-state index in [2.05, 4.69) is 26.2 Å². The second kappa shape index (κ2) is 6.54. The predicted molar refractivity (Wildman–Crippen MR) is 82.0 cm³/mol. The summed E-state index contributed by atoms with van der Waals surface area (Å²) in [4.78, 5) is 18.9. The maximum atomic E-state index is 12.8. The summed E-state index contributed by atoms with van der Waals surface area (Å²) in [6, 6.07) is 1.90. The summed E-state index contributed by atoms with van der Waals surface area (Å²) in [6.07, 6.45) is 1.76. The largest absolute Gasteiger partial charge is 0.375 e. The van der Waals surface area contributed by atoms with Gasteiger partial charge in [0.15, 0.2) is 0 Å². The van der Waals surface area contributed by atoms with Gasteiger partial charge in [-0.25, -0.2) is 4.98 Å². The quantitative estimate of drug-likeness (QED) is 0.917. The van der Waals surface area contributed by atoms with Crippen molar-refractivity contribution < 1.29 is 9.53 Å². The van der Waals surface area contributed by atoms with E-state index in [0.29, 0.717) is 24.5 Å². The van der Waals surface area contributed by atoms with Gasteiger partial charge in [0.05, 0.1) is 24.3 Å². The van der Waals surface area contributed by atoms with E-state index >= 15 is 0 Å². The van der Waals surface area contributed by atoms with Crippen LogP contribution < -0.4 is 5.32 Å². The minimum atomic E-state index is -0.00241. The van der Waals surface area contributed by atoms with Gasteiger partial charge in [0.25, 0.3) is 5.91 Å². The van der Waals surface area contributed by atoms with Gasteiger partial charge in [-0.05, 0) is 42.8 Å². The van der Waals surface area contributed by atoms with Crippen molar-refractivity contribution in [3.63, 3.8) is 0 Å². The van der Waals surface area contributed by atoms with Crippen LogP contribution in [0.1, 0.15) is 31.1 Å². The number of nitrogens with zero attached hydrogens (tertiary/aromatic N) is 2. The van der Waals surface area contributed by atoms with Gasteiger partial charge >= 0.3 is 0 Å². The van der Waals surface area contributed by atoms with Crippen LogP contribution in [0.4, 0.5) is 5.82 Å². The van der Waals surface area contributed by atoms with E-state index < -0.39 is 0 Å². The van der Waals surface area contributed by atoms with Crippen molar-refractivity contribution in [2.24, 2.45) is 0 Å². The van der Waals surface area contributed by atoms with E-state index in [1.165, 1.54) is 0 Å². The molecule has 2 rings (SSSR count). The predicted octanol–water partition coefficient (Wildman–Crippen LogP) is 2.53. The lowest BCUT2D eigenvalue weighted by atomic mass is 10.1. The Morgan fingerprint density at radius 3 is 3.05 bits per heavy atom. The van der Waals surface area contributed by atoms with Gasteiger partial charge in [-0.2, -0.15) is 0 Å². The molecule has 110 valence electrons. The van der Waals surface area contributed by atoms with Crippen molar-refractivity contribution in [1.29, 1.82) is 0 Å². The number of hydrogen-bond donors (Lipinski definition) is 1. The van der Waals surface area contributed by atoms with Gasteiger partial charge in [-0.3, -0.25) is 4.79 Å². The van der Waals surface area contributed by atoms with E-state index in [1.54, 1.807) is 6.20 Å². The van der Waals surface area contributed by atoms with Crippen molar-refractivity contribution in [3.05, 3.63) is 22.3 Å². The molecule has 1 aliphatic heterocycles. The Labute approximate surface area is 127 Å². The summed E-state index contributed by atoms with van der Waals surface area (Å²) < 4.78 is 6.38. The Hall–Kier alpha value is -1.14. The SMILES string of the molecule is CCNc1ncc(Br)cc1C(=O)N1CC(C)OCC1C. The molecule has 5 nitrogen and oxygen atoms in total. The minimum absolute atomic E-state index is 0.00241. The van der Waals surface area contributed by atoms with Gasteiger partial charge in [0.2, 0.25) is 0 Å². The summed E-state index contributed by atoms with van der Waals surface area (Å²) in [5.74, 6) is 0.629. The third-order valence-electron chi connectivity index (χ3n) is 3.30. The lowest BCUT2D eigenvalue weighted by molar-refractivity contribution is -0.0386. The number of morpholine rings is 1. The molecule has 1 saturated heterocycles. The number of nitrogens with one attached hydrogen (secondary N) is 1. The molecule has 1 N–H and O–H groups in total. The summed E-state index contributed by atoms with van der Waals surface area (Å²) in [7, 11) is 0. The van der Waals surface area contributed by atoms with Crippen molar-refractivity contribution in [3.8, 4) is 0 Å². The van der Waals surface area contributed by atoms with Crippen molar-refractivity contribution >= 4 is 27.7 Å². The minimum Gasteiger partial charge on any atom is -0.375 e. The average Bonchev–Trinajstić information content (AvgIpc) is 2.43. The Bertz CT molecular complexity index is 495. The molecule has 20 heavy (non-hydrogen) atoms. The molecular formula is C14H20BrN3O2. The Morgan fingerprint density at radius 1 is 1.60 bits per heavy atom. The molecule has 1 fully saturated rings. The van der Waals surface area contributed by atoms with E-state index in [9.17, 15) is 4.79 Å². The Balaban J connectivity index is 2.29. The van der Waals surface area contributed by atoms with Gasteiger partial charge in [-0.15, -0.1) is 0 Å². The molecule has 1 aliphatic rings. The fourth-order valence-corrected chi connectivity index (χ4v) is 2.58. The zero-order valence-electron chi connectivity index (χ0n) is 12.0. The van der Waals surface area contributed by atoms with Crippen LogP contribution in [0, 0.1) is 0 Å². The molecular weight excluding hydrogens is 322 g/mol. The number of ether oxygens (including phenoxy) is 1. The molecule has 6 heteroatoms. The fraction of sp³-hybridized carbons (Fsp3) is 0.571. The molecule has 0 saturated carbocycles. The highest BCUT2D eigenvalue weighted by atomic mass is 79.9. The number of halogens is 1. The molecule has 0 aliphatic carbocycles. The average molecular weight is 342 g/mol. The first-order valence-corrected chi connectivity index (χ1v) is 7.64. The molecule has 2 heterocycles. The smallest absolute Gasteiger partial charge is 0.258 e. The number of rotatable bonds is 3. The highest BCUT2D eigenvalue weighted by Gasteiger charge is 2.29. The first kappa shape index (κ1) is 15.3. The van der Waals surface area contributed by atoms with E-state index in [-0.39, 0.29) is 18.1 Å². The van der Waals surface area contributed by atoms with E-state index in [4.69, 9.17) is 4.74 Å². The molecule has 0 aromatic carbocycles. The highest BCUT2D eigenvalue weighted by Crippen LogP contribution is 2.22. The van der Waals surface area contributed by atoms with Crippen LogP contribution in [-0.4, -0.2) is 47.6 Å². The molecule has 0 spiro atoms. The zero-order valence-corrected chi connectivity index (χ0v) is 13.6. The van der Waals surface area contributed by atoms with Crippen LogP contribution >= 0.6 is 15.9 Å². The highest BCUT2D eigenvalue weighted by molar-refractivity contribution is 9.10. The third kappa shape index (κ3) is 3.30. The summed E-state index contributed by atoms with van der Waals surface area (Å²) >= 11 is 3.38.